The molecule has 0 aliphatic rings. The van der Waals surface area contributed by atoms with Crippen LogP contribution in [0.3, 0.4) is 0 Å². The van der Waals surface area contributed by atoms with E-state index in [0.29, 0.717) is 0 Å². The van der Waals surface area contributed by atoms with Gasteiger partial charge in [0, 0.05) is 6.07 Å². The van der Waals surface area contributed by atoms with Crippen molar-refractivity contribution in [2.75, 3.05) is 4.72 Å². The number of alkyl halides is 3. The molecule has 100 valence electrons. The summed E-state index contributed by atoms with van der Waals surface area (Å²) in [5.41, 5.74) is -6.57. The van der Waals surface area contributed by atoms with E-state index in [-0.39, 0.29) is 0 Å². The van der Waals surface area contributed by atoms with Crippen molar-refractivity contribution in [1.82, 2.24) is 4.98 Å². The van der Waals surface area contributed by atoms with Crippen molar-refractivity contribution >= 4 is 33.1 Å². The quantitative estimate of drug-likeness (QED) is 0.522. The number of pyridine rings is 1. The van der Waals surface area contributed by atoms with Crippen molar-refractivity contribution in [2.24, 2.45) is 0 Å². The molecular formula is C6H3ClF3N3O4S. The largest absolute Gasteiger partial charge is 0.516 e. The van der Waals surface area contributed by atoms with E-state index in [1.54, 1.807) is 0 Å². The summed E-state index contributed by atoms with van der Waals surface area (Å²) in [7, 11) is -5.80. The Morgan fingerprint density at radius 1 is 1.39 bits per heavy atom. The minimum Gasteiger partial charge on any atom is -0.258 e. The number of nitrogens with one attached hydrogen (secondary N) is 1. The van der Waals surface area contributed by atoms with Gasteiger partial charge in [-0.15, -0.1) is 0 Å². The number of sulfonamides is 1. The topological polar surface area (TPSA) is 102 Å². The lowest BCUT2D eigenvalue weighted by Crippen LogP contribution is -2.30. The van der Waals surface area contributed by atoms with E-state index < -0.39 is 37.1 Å². The van der Waals surface area contributed by atoms with Gasteiger partial charge in [-0.1, -0.05) is 11.6 Å². The van der Waals surface area contributed by atoms with E-state index in [0.717, 1.165) is 16.9 Å². The molecule has 0 bridgehead atoms. The highest BCUT2D eigenvalue weighted by Gasteiger charge is 2.47. The summed E-state index contributed by atoms with van der Waals surface area (Å²) in [6.07, 6.45) is 0. The highest BCUT2D eigenvalue weighted by atomic mass is 35.5. The molecule has 0 fully saturated rings. The van der Waals surface area contributed by atoms with Crippen LogP contribution in [0.25, 0.3) is 0 Å². The van der Waals surface area contributed by atoms with Crippen LogP contribution in [-0.2, 0) is 10.0 Å². The van der Waals surface area contributed by atoms with Gasteiger partial charge in [0.05, 0.1) is 4.92 Å². The van der Waals surface area contributed by atoms with E-state index in [1.807, 2.05) is 0 Å². The fourth-order valence-electron chi connectivity index (χ4n) is 0.836. The molecule has 0 aromatic carbocycles. The summed E-state index contributed by atoms with van der Waals surface area (Å²) in [6, 6.07) is 1.66. The van der Waals surface area contributed by atoms with E-state index in [9.17, 15) is 31.7 Å². The normalized spacial score (nSPS) is 12.2. The molecular weight excluding hydrogens is 303 g/mol. The first-order chi connectivity index (χ1) is 8.04. The molecule has 0 saturated heterocycles. The van der Waals surface area contributed by atoms with Crippen LogP contribution in [0.4, 0.5) is 24.7 Å². The number of rotatable bonds is 3. The van der Waals surface area contributed by atoms with Gasteiger partial charge in [-0.3, -0.25) is 14.8 Å². The average Bonchev–Trinajstić information content (AvgIpc) is 2.14. The predicted molar refractivity (Wildman–Crippen MR) is 54.5 cm³/mol. The van der Waals surface area contributed by atoms with Crippen LogP contribution in [0, 0.1) is 10.1 Å². The number of anilines is 1. The number of aromatic nitrogens is 1. The SMILES string of the molecule is O=[N+]([O-])c1ccc(Cl)nc1NS(=O)(=O)C(F)(F)F. The van der Waals surface area contributed by atoms with Crippen LogP contribution in [0.2, 0.25) is 5.15 Å². The molecule has 0 radical (unpaired) electrons. The summed E-state index contributed by atoms with van der Waals surface area (Å²) in [5, 5.41) is 10.1. The lowest BCUT2D eigenvalue weighted by molar-refractivity contribution is -0.384. The van der Waals surface area contributed by atoms with Crippen molar-refractivity contribution in [3.8, 4) is 0 Å². The maximum absolute atomic E-state index is 12.1. The second kappa shape index (κ2) is 4.57. The molecule has 18 heavy (non-hydrogen) atoms. The molecule has 1 aromatic rings. The van der Waals surface area contributed by atoms with Gasteiger partial charge < -0.3 is 0 Å². The molecule has 7 nitrogen and oxygen atoms in total. The first-order valence-corrected chi connectivity index (χ1v) is 5.81. The Morgan fingerprint density at radius 2 is 1.94 bits per heavy atom. The van der Waals surface area contributed by atoms with Crippen molar-refractivity contribution in [3.63, 3.8) is 0 Å². The Hall–Kier alpha value is -1.62. The minimum absolute atomic E-state index is 0.402. The van der Waals surface area contributed by atoms with E-state index in [2.05, 4.69) is 4.98 Å². The molecule has 12 heteroatoms. The Bertz CT molecular complexity index is 588. The van der Waals surface area contributed by atoms with Crippen LogP contribution in [-0.4, -0.2) is 23.8 Å². The Kier molecular flexibility index (Phi) is 3.67. The number of hydrogen-bond donors (Lipinski definition) is 1. The molecule has 0 amide bonds. The minimum atomic E-state index is -5.80. The van der Waals surface area contributed by atoms with Gasteiger partial charge in [0.2, 0.25) is 5.82 Å². The molecule has 1 aromatic heterocycles. The van der Waals surface area contributed by atoms with Gasteiger partial charge in [-0.25, -0.2) is 4.98 Å². The number of nitrogens with zero attached hydrogens (tertiary/aromatic N) is 2. The zero-order chi connectivity index (χ0) is 14.1. The zero-order valence-electron chi connectivity index (χ0n) is 8.10. The van der Waals surface area contributed by atoms with Gasteiger partial charge in [-0.05, 0) is 6.07 Å². The molecule has 1 rings (SSSR count). The van der Waals surface area contributed by atoms with E-state index >= 15 is 0 Å². The standard InChI is InChI=1S/C6H3ClF3N3O4S/c7-4-2-1-3(13(14)15)5(11-4)12-18(16,17)6(8,9)10/h1-2H,(H,11,12). The van der Waals surface area contributed by atoms with E-state index in [1.165, 1.54) is 0 Å². The first-order valence-electron chi connectivity index (χ1n) is 3.94. The average molecular weight is 306 g/mol. The summed E-state index contributed by atoms with van der Waals surface area (Å²) >= 11 is 5.31. The summed E-state index contributed by atoms with van der Waals surface area (Å²) in [5.74, 6) is -1.11. The third-order valence-corrected chi connectivity index (χ3v) is 2.85. The second-order valence-electron chi connectivity index (χ2n) is 2.81. The summed E-state index contributed by atoms with van der Waals surface area (Å²) < 4.78 is 58.7. The van der Waals surface area contributed by atoms with Crippen LogP contribution < -0.4 is 4.72 Å². The first kappa shape index (κ1) is 14.4. The Labute approximate surface area is 103 Å². The molecule has 0 atom stereocenters. The van der Waals surface area contributed by atoms with Crippen LogP contribution >= 0.6 is 11.6 Å². The molecule has 0 unspecified atom stereocenters. The van der Waals surface area contributed by atoms with Crippen LogP contribution in [0.5, 0.6) is 0 Å². The Morgan fingerprint density at radius 3 is 2.39 bits per heavy atom. The van der Waals surface area contributed by atoms with Crippen molar-refractivity contribution in [2.45, 2.75) is 5.51 Å². The zero-order valence-corrected chi connectivity index (χ0v) is 9.67. The Balaban J connectivity index is 3.27. The summed E-state index contributed by atoms with van der Waals surface area (Å²) in [4.78, 5) is 12.5. The molecule has 1 heterocycles. The number of hydrogen-bond acceptors (Lipinski definition) is 5. The van der Waals surface area contributed by atoms with Gasteiger partial charge in [0.25, 0.3) is 0 Å². The fraction of sp³-hybridized carbons (Fsp3) is 0.167. The van der Waals surface area contributed by atoms with Gasteiger partial charge in [0.1, 0.15) is 5.15 Å². The molecule has 0 saturated carbocycles. The third kappa shape index (κ3) is 2.98. The monoisotopic (exact) mass is 305 g/mol. The van der Waals surface area contributed by atoms with Crippen LogP contribution in [0.15, 0.2) is 12.1 Å². The number of nitro groups is 1. The second-order valence-corrected chi connectivity index (χ2v) is 4.87. The summed E-state index contributed by atoms with van der Waals surface area (Å²) in [6.45, 7) is 0. The molecule has 0 spiro atoms. The van der Waals surface area contributed by atoms with Gasteiger partial charge in [-0.2, -0.15) is 21.6 Å². The maximum Gasteiger partial charge on any atom is 0.516 e. The lowest BCUT2D eigenvalue weighted by Gasteiger charge is -2.09. The maximum atomic E-state index is 12.1. The number of halogens is 4. The van der Waals surface area contributed by atoms with Crippen molar-refractivity contribution < 1.29 is 26.5 Å². The molecule has 0 aliphatic heterocycles. The van der Waals surface area contributed by atoms with Gasteiger partial charge >= 0.3 is 21.2 Å². The van der Waals surface area contributed by atoms with Crippen molar-refractivity contribution in [1.29, 1.82) is 0 Å². The molecule has 0 aliphatic carbocycles. The van der Waals surface area contributed by atoms with E-state index in [4.69, 9.17) is 11.6 Å². The highest BCUT2D eigenvalue weighted by molar-refractivity contribution is 7.93. The smallest absolute Gasteiger partial charge is 0.258 e. The fourth-order valence-corrected chi connectivity index (χ4v) is 1.50. The highest BCUT2D eigenvalue weighted by Crippen LogP contribution is 2.29. The third-order valence-electron chi connectivity index (χ3n) is 1.57. The van der Waals surface area contributed by atoms with Gasteiger partial charge in [0.15, 0.2) is 0 Å². The van der Waals surface area contributed by atoms with Crippen molar-refractivity contribution in [3.05, 3.63) is 27.4 Å². The predicted octanol–water partition coefficient (Wildman–Crippen LogP) is 1.90. The lowest BCUT2D eigenvalue weighted by atomic mass is 10.4. The molecule has 1 N–H and O–H groups in total. The van der Waals surface area contributed by atoms with Crippen LogP contribution in [0.1, 0.15) is 0 Å².